The van der Waals surface area contributed by atoms with Crippen LogP contribution in [0.2, 0.25) is 5.02 Å². The Labute approximate surface area is 187 Å². The van der Waals surface area contributed by atoms with Crippen molar-refractivity contribution in [3.05, 3.63) is 112 Å². The molecule has 0 radical (unpaired) electrons. The van der Waals surface area contributed by atoms with Gasteiger partial charge in [0.15, 0.2) is 5.78 Å². The van der Waals surface area contributed by atoms with E-state index in [1.54, 1.807) is 6.92 Å². The Morgan fingerprint density at radius 2 is 1.55 bits per heavy atom. The second-order valence-electron chi connectivity index (χ2n) is 7.46. The van der Waals surface area contributed by atoms with Gasteiger partial charge in [-0.05, 0) is 37.1 Å². The van der Waals surface area contributed by atoms with Crippen LogP contribution in [0.3, 0.4) is 0 Å². The number of Topliss-reactive ketones (excluding diaryl/α,β-unsaturated/α-hetero) is 1. The lowest BCUT2D eigenvalue weighted by Crippen LogP contribution is -2.05. The number of aliphatic imine (C=N–C) groups is 1. The summed E-state index contributed by atoms with van der Waals surface area (Å²) in [4.78, 5) is 17.5. The number of carbonyl (C=O) groups excluding carboxylic acids is 1. The second-order valence-corrected chi connectivity index (χ2v) is 7.90. The summed E-state index contributed by atoms with van der Waals surface area (Å²) in [7, 11) is 0. The predicted octanol–water partition coefficient (Wildman–Crippen LogP) is 7.12. The maximum atomic E-state index is 12.7. The third-order valence-electron chi connectivity index (χ3n) is 5.29. The number of carbonyl (C=O) groups is 1. The zero-order chi connectivity index (χ0) is 21.8. The van der Waals surface area contributed by atoms with Gasteiger partial charge in [-0.1, -0.05) is 84.4 Å². The van der Waals surface area contributed by atoms with E-state index in [0.717, 1.165) is 28.1 Å². The second kappa shape index (κ2) is 9.15. The zero-order valence-corrected chi connectivity index (χ0v) is 18.3. The zero-order valence-electron chi connectivity index (χ0n) is 17.5. The molecule has 4 rings (SSSR count). The number of halogens is 1. The molecule has 0 aliphatic rings. The first kappa shape index (κ1) is 20.8. The first-order chi connectivity index (χ1) is 15.0. The molecule has 0 fully saturated rings. The van der Waals surface area contributed by atoms with Gasteiger partial charge in [0.05, 0.1) is 16.9 Å². The summed E-state index contributed by atoms with van der Waals surface area (Å²) in [5, 5.41) is 0.703. The lowest BCUT2D eigenvalue weighted by molar-refractivity contribution is 0.101. The van der Waals surface area contributed by atoms with Crippen molar-refractivity contribution < 1.29 is 4.79 Å². The van der Waals surface area contributed by atoms with Crippen LogP contribution >= 0.6 is 11.6 Å². The molecule has 154 valence electrons. The van der Waals surface area contributed by atoms with Crippen molar-refractivity contribution in [3.8, 4) is 11.3 Å². The van der Waals surface area contributed by atoms with Gasteiger partial charge in [0.1, 0.15) is 0 Å². The van der Waals surface area contributed by atoms with E-state index >= 15 is 0 Å². The topological polar surface area (TPSA) is 34.4 Å². The minimum Gasteiger partial charge on any atom is -0.338 e. The lowest BCUT2D eigenvalue weighted by Gasteiger charge is -2.13. The Morgan fingerprint density at radius 3 is 2.16 bits per heavy atom. The molecule has 3 aromatic carbocycles. The minimum atomic E-state index is 0.00440. The molecule has 0 saturated heterocycles. The summed E-state index contributed by atoms with van der Waals surface area (Å²) in [6, 6.07) is 27.8. The van der Waals surface area contributed by atoms with Gasteiger partial charge in [0.2, 0.25) is 0 Å². The molecule has 4 heteroatoms. The Hall–Kier alpha value is -3.43. The normalized spacial score (nSPS) is 11.2. The van der Waals surface area contributed by atoms with Crippen molar-refractivity contribution in [1.29, 1.82) is 0 Å². The molecule has 0 bridgehead atoms. The number of ketones is 1. The van der Waals surface area contributed by atoms with Crippen molar-refractivity contribution in [3.63, 3.8) is 0 Å². The molecule has 0 spiro atoms. The smallest absolute Gasteiger partial charge is 0.163 e. The van der Waals surface area contributed by atoms with Crippen molar-refractivity contribution in [1.82, 2.24) is 4.57 Å². The van der Waals surface area contributed by atoms with Gasteiger partial charge in [-0.15, -0.1) is 0 Å². The molecule has 0 unspecified atom stereocenters. The molecule has 0 N–H and O–H groups in total. The average Bonchev–Trinajstić information content (AvgIpc) is 3.06. The summed E-state index contributed by atoms with van der Waals surface area (Å²) >= 11 is 6.07. The van der Waals surface area contributed by atoms with Gasteiger partial charge in [-0.2, -0.15) is 0 Å². The van der Waals surface area contributed by atoms with Gasteiger partial charge < -0.3 is 4.57 Å². The maximum absolute atomic E-state index is 12.7. The molecule has 31 heavy (non-hydrogen) atoms. The van der Waals surface area contributed by atoms with E-state index in [0.29, 0.717) is 22.8 Å². The molecular formula is C27H23ClN2O. The Morgan fingerprint density at radius 1 is 0.935 bits per heavy atom. The molecule has 3 nitrogen and oxygen atoms in total. The highest BCUT2D eigenvalue weighted by Crippen LogP contribution is 2.39. The van der Waals surface area contributed by atoms with E-state index in [-0.39, 0.29) is 5.78 Å². The van der Waals surface area contributed by atoms with E-state index in [9.17, 15) is 4.79 Å². The average molecular weight is 427 g/mol. The number of benzene rings is 3. The van der Waals surface area contributed by atoms with Crippen molar-refractivity contribution >= 4 is 29.3 Å². The quantitative estimate of drug-likeness (QED) is 0.239. The van der Waals surface area contributed by atoms with Gasteiger partial charge in [0.25, 0.3) is 0 Å². The van der Waals surface area contributed by atoms with Gasteiger partial charge >= 0.3 is 0 Å². The van der Waals surface area contributed by atoms with Crippen LogP contribution in [0.15, 0.2) is 89.9 Å². The number of hydrogen-bond donors (Lipinski definition) is 0. The first-order valence-corrected chi connectivity index (χ1v) is 10.6. The molecule has 0 atom stereocenters. The predicted molar refractivity (Wildman–Crippen MR) is 129 cm³/mol. The number of hydrogen-bond acceptors (Lipinski definition) is 2. The highest BCUT2D eigenvalue weighted by Gasteiger charge is 2.24. The van der Waals surface area contributed by atoms with Crippen LogP contribution in [-0.4, -0.2) is 16.6 Å². The number of nitrogens with zero attached hydrogens (tertiary/aromatic N) is 2. The van der Waals surface area contributed by atoms with Crippen LogP contribution in [0.25, 0.3) is 11.3 Å². The number of aromatic nitrogens is 1. The van der Waals surface area contributed by atoms with Gasteiger partial charge in [-0.3, -0.25) is 9.79 Å². The van der Waals surface area contributed by atoms with Crippen LogP contribution in [0.1, 0.15) is 34.1 Å². The van der Waals surface area contributed by atoms with Crippen LogP contribution in [0.4, 0.5) is 5.69 Å². The standard InChI is InChI=1S/C27H23ClN2O/c1-19-25(20(2)31)26(29-17-21-9-5-3-6-10-21)27(23-11-7-4-8-12-23)30(19)18-22-13-15-24(28)16-14-22/h3-17H,18H2,1-2H3. The van der Waals surface area contributed by atoms with Crippen molar-refractivity contribution in [2.24, 2.45) is 4.99 Å². The molecule has 0 aliphatic heterocycles. The molecule has 0 saturated carbocycles. The third-order valence-corrected chi connectivity index (χ3v) is 5.55. The van der Waals surface area contributed by atoms with Crippen molar-refractivity contribution in [2.75, 3.05) is 0 Å². The molecule has 4 aromatic rings. The third kappa shape index (κ3) is 4.52. The van der Waals surface area contributed by atoms with E-state index in [1.165, 1.54) is 0 Å². The molecule has 1 heterocycles. The fourth-order valence-electron chi connectivity index (χ4n) is 3.80. The van der Waals surface area contributed by atoms with Crippen LogP contribution in [0.5, 0.6) is 0 Å². The van der Waals surface area contributed by atoms with Gasteiger partial charge in [0, 0.05) is 29.0 Å². The highest BCUT2D eigenvalue weighted by molar-refractivity contribution is 6.30. The van der Waals surface area contributed by atoms with Crippen LogP contribution in [-0.2, 0) is 6.54 Å². The van der Waals surface area contributed by atoms with E-state index < -0.39 is 0 Å². The fourth-order valence-corrected chi connectivity index (χ4v) is 3.93. The van der Waals surface area contributed by atoms with E-state index in [2.05, 4.69) is 16.7 Å². The van der Waals surface area contributed by atoms with E-state index in [4.69, 9.17) is 16.6 Å². The van der Waals surface area contributed by atoms with E-state index in [1.807, 2.05) is 85.9 Å². The minimum absolute atomic E-state index is 0.00440. The summed E-state index contributed by atoms with van der Waals surface area (Å²) in [5.41, 5.74) is 6.31. The lowest BCUT2D eigenvalue weighted by atomic mass is 10.1. The highest BCUT2D eigenvalue weighted by atomic mass is 35.5. The SMILES string of the molecule is CC(=O)c1c(N=Cc2ccccc2)c(-c2ccccc2)n(Cc2ccc(Cl)cc2)c1C. The molecular weight excluding hydrogens is 404 g/mol. The summed E-state index contributed by atoms with van der Waals surface area (Å²) in [5.74, 6) is 0.00440. The van der Waals surface area contributed by atoms with Crippen LogP contribution in [0, 0.1) is 6.92 Å². The molecule has 0 aliphatic carbocycles. The summed E-state index contributed by atoms with van der Waals surface area (Å²) in [6.07, 6.45) is 1.82. The Kier molecular flexibility index (Phi) is 6.15. The maximum Gasteiger partial charge on any atom is 0.163 e. The van der Waals surface area contributed by atoms with Crippen molar-refractivity contribution in [2.45, 2.75) is 20.4 Å². The summed E-state index contributed by atoms with van der Waals surface area (Å²) < 4.78 is 2.17. The first-order valence-electron chi connectivity index (χ1n) is 10.2. The summed E-state index contributed by atoms with van der Waals surface area (Å²) in [6.45, 7) is 4.21. The monoisotopic (exact) mass is 426 g/mol. The Bertz CT molecular complexity index is 1220. The van der Waals surface area contributed by atoms with Gasteiger partial charge in [-0.25, -0.2) is 0 Å². The molecule has 0 amide bonds. The largest absolute Gasteiger partial charge is 0.338 e. The van der Waals surface area contributed by atoms with Crippen LogP contribution < -0.4 is 0 Å². The number of rotatable bonds is 6. The Balaban J connectivity index is 1.92. The fraction of sp³-hybridized carbons (Fsp3) is 0.111. The molecule has 1 aromatic heterocycles.